The van der Waals surface area contributed by atoms with Crippen molar-refractivity contribution in [2.24, 2.45) is 5.41 Å². The minimum absolute atomic E-state index is 0.0628. The van der Waals surface area contributed by atoms with Gasteiger partial charge in [-0.2, -0.15) is 5.10 Å². The summed E-state index contributed by atoms with van der Waals surface area (Å²) < 4.78 is 20.7. The Hall–Kier alpha value is -3.43. The SMILES string of the molecule is CC(C)(C)C(C)(O)COc1cc(C(=O)NC(CC(=O)O)c2ccccc2Cl)nn1-c1ccc(F)cc1. The van der Waals surface area contributed by atoms with Crippen molar-refractivity contribution < 1.29 is 28.9 Å². The molecule has 0 aliphatic rings. The van der Waals surface area contributed by atoms with Crippen LogP contribution in [0.25, 0.3) is 5.69 Å². The number of rotatable bonds is 9. The Morgan fingerprint density at radius 1 is 1.14 bits per heavy atom. The van der Waals surface area contributed by atoms with E-state index >= 15 is 0 Å². The summed E-state index contributed by atoms with van der Waals surface area (Å²) in [5, 5.41) is 27.5. The number of halogens is 2. The first-order chi connectivity index (χ1) is 16.8. The van der Waals surface area contributed by atoms with Gasteiger partial charge in [0, 0.05) is 11.1 Å². The number of aliphatic hydroxyl groups is 1. The molecule has 0 bridgehead atoms. The molecule has 0 fully saturated rings. The van der Waals surface area contributed by atoms with E-state index in [0.29, 0.717) is 16.3 Å². The van der Waals surface area contributed by atoms with Crippen molar-refractivity contribution in [3.8, 4) is 11.6 Å². The van der Waals surface area contributed by atoms with Crippen molar-refractivity contribution in [3.05, 3.63) is 76.7 Å². The average molecular weight is 518 g/mol. The lowest BCUT2D eigenvalue weighted by Gasteiger charge is -2.36. The van der Waals surface area contributed by atoms with Gasteiger partial charge >= 0.3 is 5.97 Å². The molecule has 36 heavy (non-hydrogen) atoms. The molecule has 0 spiro atoms. The molecule has 1 aromatic heterocycles. The van der Waals surface area contributed by atoms with Gasteiger partial charge in [-0.3, -0.25) is 9.59 Å². The van der Waals surface area contributed by atoms with Crippen LogP contribution in [0.15, 0.2) is 54.6 Å². The highest BCUT2D eigenvalue weighted by Gasteiger charge is 2.36. The first-order valence-electron chi connectivity index (χ1n) is 11.3. The molecular weight excluding hydrogens is 489 g/mol. The highest BCUT2D eigenvalue weighted by atomic mass is 35.5. The van der Waals surface area contributed by atoms with Crippen LogP contribution in [0.5, 0.6) is 5.88 Å². The van der Waals surface area contributed by atoms with Crippen LogP contribution in [0, 0.1) is 11.2 Å². The molecule has 3 rings (SSSR count). The van der Waals surface area contributed by atoms with Gasteiger partial charge in [0.2, 0.25) is 5.88 Å². The summed E-state index contributed by atoms with van der Waals surface area (Å²) >= 11 is 6.24. The van der Waals surface area contributed by atoms with Gasteiger partial charge in [-0.05, 0) is 48.2 Å². The summed E-state index contributed by atoms with van der Waals surface area (Å²) in [5.74, 6) is -2.08. The van der Waals surface area contributed by atoms with Crippen molar-refractivity contribution in [2.75, 3.05) is 6.61 Å². The first kappa shape index (κ1) is 27.2. The minimum atomic E-state index is -1.22. The van der Waals surface area contributed by atoms with Crippen LogP contribution in [-0.4, -0.2) is 44.1 Å². The fraction of sp³-hybridized carbons (Fsp3) is 0.346. The maximum atomic E-state index is 13.5. The van der Waals surface area contributed by atoms with Gasteiger partial charge in [0.25, 0.3) is 5.91 Å². The Labute approximate surface area is 213 Å². The van der Waals surface area contributed by atoms with Crippen LogP contribution < -0.4 is 10.1 Å². The molecule has 3 aromatic rings. The summed E-state index contributed by atoms with van der Waals surface area (Å²) in [5.41, 5.74) is -0.913. The van der Waals surface area contributed by atoms with Gasteiger partial charge in [-0.1, -0.05) is 50.6 Å². The van der Waals surface area contributed by atoms with Crippen molar-refractivity contribution in [3.63, 3.8) is 0 Å². The predicted octanol–water partition coefficient (Wildman–Crippen LogP) is 4.79. The van der Waals surface area contributed by atoms with Gasteiger partial charge in [-0.25, -0.2) is 9.07 Å². The number of carboxylic acid groups (broad SMARTS) is 1. The van der Waals surface area contributed by atoms with Crippen LogP contribution in [0.3, 0.4) is 0 Å². The summed E-state index contributed by atoms with van der Waals surface area (Å²) in [6.07, 6.45) is -0.397. The average Bonchev–Trinajstić information content (AvgIpc) is 3.21. The maximum Gasteiger partial charge on any atom is 0.305 e. The standard InChI is InChI=1S/C26H29ClFN3O5/c1-25(2,3)26(4,35)15-36-22-13-21(30-31(22)17-11-9-16(28)10-12-17)24(34)29-20(14-23(32)33)18-7-5-6-8-19(18)27/h5-13,20,35H,14-15H2,1-4H3,(H,29,34)(H,32,33). The predicted molar refractivity (Wildman–Crippen MR) is 133 cm³/mol. The molecule has 3 N–H and O–H groups in total. The lowest BCUT2D eigenvalue weighted by molar-refractivity contribution is -0.137. The molecule has 2 unspecified atom stereocenters. The number of ether oxygens (including phenoxy) is 1. The third kappa shape index (κ3) is 6.41. The third-order valence-electron chi connectivity index (χ3n) is 6.06. The number of hydrogen-bond donors (Lipinski definition) is 3. The topological polar surface area (TPSA) is 114 Å². The van der Waals surface area contributed by atoms with Crippen molar-refractivity contribution in [2.45, 2.75) is 45.8 Å². The Morgan fingerprint density at radius 2 is 1.78 bits per heavy atom. The zero-order valence-corrected chi connectivity index (χ0v) is 21.2. The van der Waals surface area contributed by atoms with Gasteiger partial charge in [0.15, 0.2) is 5.69 Å². The summed E-state index contributed by atoms with van der Waals surface area (Å²) in [7, 11) is 0. The number of carboxylic acids is 1. The molecule has 0 saturated carbocycles. The maximum absolute atomic E-state index is 13.5. The summed E-state index contributed by atoms with van der Waals surface area (Å²) in [6, 6.07) is 12.5. The largest absolute Gasteiger partial charge is 0.481 e. The van der Waals surface area contributed by atoms with E-state index in [9.17, 15) is 24.2 Å². The lowest BCUT2D eigenvalue weighted by atomic mass is 9.78. The molecule has 10 heteroatoms. The number of benzene rings is 2. The van der Waals surface area contributed by atoms with Crippen molar-refractivity contribution >= 4 is 23.5 Å². The van der Waals surface area contributed by atoms with Gasteiger partial charge < -0.3 is 20.3 Å². The quantitative estimate of drug-likeness (QED) is 0.376. The highest BCUT2D eigenvalue weighted by molar-refractivity contribution is 6.31. The second kappa shape index (κ2) is 10.7. The van der Waals surface area contributed by atoms with Gasteiger partial charge in [0.05, 0.1) is 18.2 Å². The fourth-order valence-corrected chi connectivity index (χ4v) is 3.45. The lowest BCUT2D eigenvalue weighted by Crippen LogP contribution is -2.45. The number of carbonyl (C=O) groups excluding carboxylic acids is 1. The Balaban J connectivity index is 1.95. The van der Waals surface area contributed by atoms with Crippen molar-refractivity contribution in [1.82, 2.24) is 15.1 Å². The van der Waals surface area contributed by atoms with E-state index in [1.165, 1.54) is 35.0 Å². The Morgan fingerprint density at radius 3 is 2.36 bits per heavy atom. The van der Waals surface area contributed by atoms with Crippen LogP contribution >= 0.6 is 11.6 Å². The second-order valence-corrected chi connectivity index (χ2v) is 10.1. The molecule has 2 aromatic carbocycles. The highest BCUT2D eigenvalue weighted by Crippen LogP contribution is 2.31. The molecule has 1 amide bonds. The van der Waals surface area contributed by atoms with Crippen LogP contribution in [0.1, 0.15) is 56.2 Å². The van der Waals surface area contributed by atoms with E-state index in [2.05, 4.69) is 10.4 Å². The third-order valence-corrected chi connectivity index (χ3v) is 6.41. The zero-order valence-electron chi connectivity index (χ0n) is 20.5. The molecule has 0 aliphatic carbocycles. The molecule has 8 nitrogen and oxygen atoms in total. The van der Waals surface area contributed by atoms with Crippen LogP contribution in [-0.2, 0) is 4.79 Å². The molecule has 0 saturated heterocycles. The van der Waals surface area contributed by atoms with Gasteiger partial charge in [0.1, 0.15) is 18.0 Å². The monoisotopic (exact) mass is 517 g/mol. The number of aliphatic carboxylic acids is 1. The second-order valence-electron chi connectivity index (χ2n) is 9.71. The number of aromatic nitrogens is 2. The van der Waals surface area contributed by atoms with Crippen LogP contribution in [0.2, 0.25) is 5.02 Å². The number of hydrogen-bond acceptors (Lipinski definition) is 5. The Bertz CT molecular complexity index is 1240. The minimum Gasteiger partial charge on any atom is -0.481 e. The first-order valence-corrected chi connectivity index (χ1v) is 11.6. The smallest absolute Gasteiger partial charge is 0.305 e. The van der Waals surface area contributed by atoms with E-state index < -0.39 is 41.2 Å². The Kier molecular flexibility index (Phi) is 8.05. The molecule has 192 valence electrons. The van der Waals surface area contributed by atoms with Gasteiger partial charge in [-0.15, -0.1) is 0 Å². The number of nitrogens with zero attached hydrogens (tertiary/aromatic N) is 2. The molecule has 0 aliphatic heterocycles. The van der Waals surface area contributed by atoms with E-state index in [1.54, 1.807) is 31.2 Å². The number of nitrogens with one attached hydrogen (secondary N) is 1. The molecular formula is C26H29ClFN3O5. The summed E-state index contributed by atoms with van der Waals surface area (Å²) in [4.78, 5) is 24.6. The number of carbonyl (C=O) groups is 2. The zero-order chi connectivity index (χ0) is 26.7. The fourth-order valence-electron chi connectivity index (χ4n) is 3.18. The molecule has 2 atom stereocenters. The number of amides is 1. The van der Waals surface area contributed by atoms with Crippen molar-refractivity contribution in [1.29, 1.82) is 0 Å². The van der Waals surface area contributed by atoms with E-state index in [-0.39, 0.29) is 18.2 Å². The molecule has 0 radical (unpaired) electrons. The normalized spacial score (nSPS) is 14.1. The molecule has 1 heterocycles. The summed E-state index contributed by atoms with van der Waals surface area (Å²) in [6.45, 7) is 7.13. The van der Waals surface area contributed by atoms with E-state index in [1.807, 2.05) is 20.8 Å². The van der Waals surface area contributed by atoms with E-state index in [4.69, 9.17) is 16.3 Å². The van der Waals surface area contributed by atoms with E-state index in [0.717, 1.165) is 0 Å². The van der Waals surface area contributed by atoms with Crippen LogP contribution in [0.4, 0.5) is 4.39 Å².